The summed E-state index contributed by atoms with van der Waals surface area (Å²) >= 11 is 6.14. The van der Waals surface area contributed by atoms with Crippen LogP contribution in [0, 0.1) is 11.6 Å². The first kappa shape index (κ1) is 27.0. The predicted octanol–water partition coefficient (Wildman–Crippen LogP) is 8.19. The molecular formula is C21H11Br2F9OS. The Hall–Kier alpha value is -1.60. The average molecular weight is 642 g/mol. The van der Waals surface area contributed by atoms with Gasteiger partial charge in [-0.05, 0) is 22.7 Å². The van der Waals surface area contributed by atoms with Crippen LogP contribution in [0.25, 0.3) is 5.57 Å². The van der Waals surface area contributed by atoms with Crippen LogP contribution in [-0.4, -0.2) is 21.6 Å². The molecule has 2 aromatic carbocycles. The minimum Gasteiger partial charge on any atom is -0.248 e. The summed E-state index contributed by atoms with van der Waals surface area (Å²) in [6.45, 7) is 0. The number of benzene rings is 2. The summed E-state index contributed by atoms with van der Waals surface area (Å²) in [7, 11) is -4.37. The number of halogens is 11. The van der Waals surface area contributed by atoms with Crippen molar-refractivity contribution >= 4 is 48.2 Å². The van der Waals surface area contributed by atoms with E-state index in [4.69, 9.17) is 0 Å². The zero-order valence-corrected chi connectivity index (χ0v) is 20.4. The van der Waals surface area contributed by atoms with Gasteiger partial charge in [0.1, 0.15) is 22.4 Å². The molecule has 2 atom stereocenters. The van der Waals surface area contributed by atoms with E-state index in [9.17, 15) is 43.7 Å². The summed E-state index contributed by atoms with van der Waals surface area (Å²) in [5, 5.41) is -6.15. The van der Waals surface area contributed by atoms with Crippen molar-refractivity contribution in [3.63, 3.8) is 0 Å². The van der Waals surface area contributed by atoms with Gasteiger partial charge in [0.15, 0.2) is 0 Å². The lowest BCUT2D eigenvalue weighted by molar-refractivity contribution is -0.331. The summed E-state index contributed by atoms with van der Waals surface area (Å²) in [5.41, 5.74) is -1.51. The van der Waals surface area contributed by atoms with E-state index in [-0.39, 0.29) is 16.5 Å². The van der Waals surface area contributed by atoms with Gasteiger partial charge in [-0.2, -0.15) is 30.7 Å². The van der Waals surface area contributed by atoms with Crippen LogP contribution in [0.3, 0.4) is 0 Å². The molecule has 1 nitrogen and oxygen atoms in total. The minimum atomic E-state index is -6.74. The summed E-state index contributed by atoms with van der Waals surface area (Å²) in [4.78, 5) is -1.24. The predicted molar refractivity (Wildman–Crippen MR) is 116 cm³/mol. The molecular weight excluding hydrogens is 631 g/mol. The molecule has 0 heterocycles. The third-order valence-electron chi connectivity index (χ3n) is 4.94. The van der Waals surface area contributed by atoms with Gasteiger partial charge < -0.3 is 0 Å². The summed E-state index contributed by atoms with van der Waals surface area (Å²) in [5.74, 6) is -8.71. The van der Waals surface area contributed by atoms with Crippen LogP contribution in [0.4, 0.5) is 39.5 Å². The molecule has 0 saturated carbocycles. The number of hydrogen-bond acceptors (Lipinski definition) is 1. The van der Waals surface area contributed by atoms with Gasteiger partial charge in [0.05, 0.1) is 9.23 Å². The van der Waals surface area contributed by atoms with E-state index >= 15 is 0 Å². The second-order valence-electron chi connectivity index (χ2n) is 7.13. The first-order chi connectivity index (χ1) is 15.6. The molecule has 0 bridgehead atoms. The maximum atomic E-state index is 14.8. The summed E-state index contributed by atoms with van der Waals surface area (Å²) < 4.78 is 135. The Morgan fingerprint density at radius 3 is 1.91 bits per heavy atom. The highest BCUT2D eigenvalue weighted by molar-refractivity contribution is 9.12. The van der Waals surface area contributed by atoms with Gasteiger partial charge in [0.2, 0.25) is 0 Å². The number of rotatable bonds is 5. The van der Waals surface area contributed by atoms with Crippen LogP contribution in [-0.2, 0) is 15.1 Å². The smallest absolute Gasteiger partial charge is 0.248 e. The van der Waals surface area contributed by atoms with Gasteiger partial charge in [-0.25, -0.2) is 13.0 Å². The quantitative estimate of drug-likeness (QED) is 0.238. The third-order valence-corrected chi connectivity index (χ3v) is 8.00. The average Bonchev–Trinajstić information content (AvgIpc) is 2.72. The highest BCUT2D eigenvalue weighted by Crippen LogP contribution is 2.57. The van der Waals surface area contributed by atoms with Gasteiger partial charge in [0, 0.05) is 23.1 Å². The summed E-state index contributed by atoms with van der Waals surface area (Å²) in [6.07, 6.45) is -6.39. The molecule has 0 radical (unpaired) electrons. The lowest BCUT2D eigenvalue weighted by atomic mass is 9.81. The largest absolute Gasteiger partial charge is 0.461 e. The summed E-state index contributed by atoms with van der Waals surface area (Å²) in [6, 6.07) is 9.11. The van der Waals surface area contributed by atoms with Crippen molar-refractivity contribution in [2.24, 2.45) is 0 Å². The molecule has 1 aliphatic rings. The standard InChI is InChI=1S/C21H11Br2F9OS/c22-11-9-16(34(33)21(31,32)19(26,27)20(28,29)30)17(12-5-1-3-7-14(12)24)18(23,10-11)13-6-2-4-8-15(13)25/h1-9H,10H2. The molecule has 1 aliphatic carbocycles. The molecule has 0 aromatic heterocycles. The Morgan fingerprint density at radius 2 is 1.38 bits per heavy atom. The fraction of sp³-hybridized carbons (Fsp3) is 0.238. The molecule has 3 rings (SSSR count). The highest BCUT2D eigenvalue weighted by Gasteiger charge is 2.76. The van der Waals surface area contributed by atoms with Crippen molar-refractivity contribution in [3.05, 3.63) is 86.8 Å². The Morgan fingerprint density at radius 1 is 0.853 bits per heavy atom. The SMILES string of the molecule is O=S(C1=C(c2ccccc2F)C(Br)(c2ccccc2F)CC(Br)=C1)C(F)(F)C(F)(F)C(F)(F)F. The van der Waals surface area contributed by atoms with Gasteiger partial charge in [-0.3, -0.25) is 0 Å². The van der Waals surface area contributed by atoms with Crippen molar-refractivity contribution in [2.45, 2.75) is 28.1 Å². The molecule has 0 saturated heterocycles. The van der Waals surface area contributed by atoms with Crippen LogP contribution in [0.15, 0.2) is 64.0 Å². The van der Waals surface area contributed by atoms with Gasteiger partial charge in [0.25, 0.3) is 0 Å². The van der Waals surface area contributed by atoms with Crippen LogP contribution < -0.4 is 0 Å². The van der Waals surface area contributed by atoms with Crippen molar-refractivity contribution in [1.29, 1.82) is 0 Å². The Kier molecular flexibility index (Phi) is 7.24. The molecule has 13 heteroatoms. The molecule has 184 valence electrons. The Labute approximate surface area is 206 Å². The van der Waals surface area contributed by atoms with Crippen LogP contribution in [0.5, 0.6) is 0 Å². The van der Waals surface area contributed by atoms with Crippen molar-refractivity contribution in [3.8, 4) is 0 Å². The molecule has 2 aromatic rings. The monoisotopic (exact) mass is 640 g/mol. The number of alkyl halides is 8. The first-order valence-electron chi connectivity index (χ1n) is 9.09. The molecule has 34 heavy (non-hydrogen) atoms. The lowest BCUT2D eigenvalue weighted by Crippen LogP contribution is -2.54. The van der Waals surface area contributed by atoms with Gasteiger partial charge in [-0.1, -0.05) is 68.3 Å². The molecule has 0 aliphatic heterocycles. The molecule has 2 unspecified atom stereocenters. The van der Waals surface area contributed by atoms with Crippen molar-refractivity contribution < 1.29 is 43.7 Å². The maximum Gasteiger partial charge on any atom is 0.461 e. The zero-order valence-electron chi connectivity index (χ0n) is 16.4. The van der Waals surface area contributed by atoms with Crippen LogP contribution in [0.1, 0.15) is 17.5 Å². The molecule has 0 amide bonds. The van der Waals surface area contributed by atoms with E-state index in [0.717, 1.165) is 18.2 Å². The van der Waals surface area contributed by atoms with E-state index < -0.39 is 60.2 Å². The Bertz CT molecular complexity index is 1210. The van der Waals surface area contributed by atoms with E-state index in [1.165, 1.54) is 30.3 Å². The van der Waals surface area contributed by atoms with Gasteiger partial charge in [-0.15, -0.1) is 0 Å². The highest BCUT2D eigenvalue weighted by atomic mass is 79.9. The van der Waals surface area contributed by atoms with Gasteiger partial charge >= 0.3 is 17.4 Å². The molecule has 0 spiro atoms. The van der Waals surface area contributed by atoms with Crippen LogP contribution in [0.2, 0.25) is 0 Å². The topological polar surface area (TPSA) is 17.1 Å². The fourth-order valence-electron chi connectivity index (χ4n) is 3.37. The van der Waals surface area contributed by atoms with Crippen LogP contribution >= 0.6 is 31.9 Å². The second kappa shape index (κ2) is 9.12. The molecule has 0 fully saturated rings. The Balaban J connectivity index is 2.42. The van der Waals surface area contributed by atoms with E-state index in [2.05, 4.69) is 31.9 Å². The molecule has 0 N–H and O–H groups in total. The van der Waals surface area contributed by atoms with Crippen molar-refractivity contribution in [2.75, 3.05) is 0 Å². The lowest BCUT2D eigenvalue weighted by Gasteiger charge is -2.37. The zero-order chi connectivity index (χ0) is 25.7. The van der Waals surface area contributed by atoms with E-state index in [1.54, 1.807) is 0 Å². The second-order valence-corrected chi connectivity index (χ2v) is 11.0. The van der Waals surface area contributed by atoms with E-state index in [1.807, 2.05) is 0 Å². The fourth-order valence-corrected chi connectivity index (χ4v) is 7.07. The normalized spacial score (nSPS) is 20.9. The minimum absolute atomic E-state index is 0.0952. The first-order valence-corrected chi connectivity index (χ1v) is 11.8. The number of hydrogen-bond donors (Lipinski definition) is 0. The third kappa shape index (κ3) is 4.39. The van der Waals surface area contributed by atoms with Crippen molar-refractivity contribution in [1.82, 2.24) is 0 Å². The maximum absolute atomic E-state index is 14.8. The number of allylic oxidation sites excluding steroid dienone is 3. The van der Waals surface area contributed by atoms with E-state index in [0.29, 0.717) is 6.08 Å².